The third-order valence-electron chi connectivity index (χ3n) is 3.14. The Labute approximate surface area is 113 Å². The molecule has 2 nitrogen and oxygen atoms in total. The van der Waals surface area contributed by atoms with Crippen LogP contribution >= 0.6 is 0 Å². The Morgan fingerprint density at radius 1 is 1.21 bits per heavy atom. The van der Waals surface area contributed by atoms with Gasteiger partial charge in [0.2, 0.25) is 0 Å². The van der Waals surface area contributed by atoms with Crippen molar-refractivity contribution in [2.45, 2.75) is 20.3 Å². The Morgan fingerprint density at radius 2 is 1.95 bits per heavy atom. The van der Waals surface area contributed by atoms with Crippen LogP contribution in [-0.2, 0) is 6.42 Å². The van der Waals surface area contributed by atoms with E-state index in [1.807, 2.05) is 36.5 Å². The molecule has 0 N–H and O–H groups in total. The van der Waals surface area contributed by atoms with Crippen LogP contribution in [0.3, 0.4) is 0 Å². The molecule has 0 unspecified atom stereocenters. The maximum absolute atomic E-state index is 10.6. The summed E-state index contributed by atoms with van der Waals surface area (Å²) in [7, 11) is 0. The molecule has 0 saturated carbocycles. The molecule has 2 rings (SSSR count). The van der Waals surface area contributed by atoms with E-state index >= 15 is 0 Å². The molecule has 0 aliphatic rings. The highest BCUT2D eigenvalue weighted by Crippen LogP contribution is 2.19. The van der Waals surface area contributed by atoms with Crippen molar-refractivity contribution in [2.24, 2.45) is 0 Å². The number of carbonyl (C=O) groups is 1. The first-order valence-electron chi connectivity index (χ1n) is 6.35. The van der Waals surface area contributed by atoms with E-state index in [-0.39, 0.29) is 0 Å². The summed E-state index contributed by atoms with van der Waals surface area (Å²) in [4.78, 5) is 15.0. The number of benzene rings is 1. The molecule has 0 atom stereocenters. The normalized spacial score (nSPS) is 11.4. The average molecular weight is 251 g/mol. The lowest BCUT2D eigenvalue weighted by Crippen LogP contribution is -1.90. The summed E-state index contributed by atoms with van der Waals surface area (Å²) in [6.45, 7) is 4.18. The quantitative estimate of drug-likeness (QED) is 0.605. The first kappa shape index (κ1) is 13.2. The monoisotopic (exact) mass is 251 g/mol. The molecule has 0 spiro atoms. The highest BCUT2D eigenvalue weighted by molar-refractivity contribution is 5.76. The minimum atomic E-state index is 0.685. The maximum Gasteiger partial charge on any atom is 0.150 e. The van der Waals surface area contributed by atoms with Gasteiger partial charge in [0.05, 0.1) is 5.69 Å². The summed E-state index contributed by atoms with van der Waals surface area (Å²) in [5, 5.41) is 0. The first-order valence-corrected chi connectivity index (χ1v) is 6.35. The van der Waals surface area contributed by atoms with Crippen molar-refractivity contribution < 1.29 is 4.79 Å². The molecule has 2 heteroatoms. The van der Waals surface area contributed by atoms with Crippen molar-refractivity contribution in [3.05, 3.63) is 65.4 Å². The Hall–Kier alpha value is -2.22. The third kappa shape index (κ3) is 3.38. The third-order valence-corrected chi connectivity index (χ3v) is 3.14. The number of hydrogen-bond acceptors (Lipinski definition) is 2. The Balaban J connectivity index is 2.29. The summed E-state index contributed by atoms with van der Waals surface area (Å²) >= 11 is 0. The lowest BCUT2D eigenvalue weighted by atomic mass is 10.0. The molecule has 0 aliphatic heterocycles. The second kappa shape index (κ2) is 6.10. The van der Waals surface area contributed by atoms with Gasteiger partial charge in [0.1, 0.15) is 6.29 Å². The maximum atomic E-state index is 10.6. The van der Waals surface area contributed by atoms with E-state index in [0.717, 1.165) is 24.0 Å². The van der Waals surface area contributed by atoms with Crippen molar-refractivity contribution in [3.8, 4) is 11.3 Å². The number of pyridine rings is 1. The highest BCUT2D eigenvalue weighted by Gasteiger charge is 2.02. The predicted octanol–water partition coefficient (Wildman–Crippen LogP) is 4.07. The Kier molecular flexibility index (Phi) is 4.24. The van der Waals surface area contributed by atoms with Gasteiger partial charge in [-0.3, -0.25) is 9.78 Å². The van der Waals surface area contributed by atoms with E-state index in [0.29, 0.717) is 5.56 Å². The fourth-order valence-corrected chi connectivity index (χ4v) is 1.90. The molecule has 1 heterocycles. The molecule has 0 aliphatic carbocycles. The van der Waals surface area contributed by atoms with Crippen molar-refractivity contribution in [1.82, 2.24) is 4.98 Å². The van der Waals surface area contributed by atoms with Gasteiger partial charge in [0.15, 0.2) is 0 Å². The van der Waals surface area contributed by atoms with Gasteiger partial charge >= 0.3 is 0 Å². The molecular formula is C17H17NO. The summed E-state index contributed by atoms with van der Waals surface area (Å²) in [5.74, 6) is 0. The molecule has 1 aromatic carbocycles. The molecule has 0 fully saturated rings. The first-order chi connectivity index (χ1) is 9.22. The molecule has 19 heavy (non-hydrogen) atoms. The van der Waals surface area contributed by atoms with E-state index in [1.165, 1.54) is 11.1 Å². The molecule has 0 saturated heterocycles. The Morgan fingerprint density at radius 3 is 2.58 bits per heavy atom. The highest BCUT2D eigenvalue weighted by atomic mass is 16.1. The van der Waals surface area contributed by atoms with Crippen LogP contribution in [-0.4, -0.2) is 11.3 Å². The van der Waals surface area contributed by atoms with Gasteiger partial charge in [-0.25, -0.2) is 0 Å². The lowest BCUT2D eigenvalue weighted by molar-refractivity contribution is 0.112. The number of nitrogens with zero attached hydrogens (tertiary/aromatic N) is 1. The lowest BCUT2D eigenvalue weighted by Gasteiger charge is -2.05. The predicted molar refractivity (Wildman–Crippen MR) is 78.2 cm³/mol. The zero-order valence-corrected chi connectivity index (χ0v) is 11.3. The van der Waals surface area contributed by atoms with Gasteiger partial charge in [-0.2, -0.15) is 0 Å². The standard InChI is InChI=1S/C17H17NO/c1-3-13(2)10-15-8-9-18-17(11-15)16-6-4-14(12-19)5-7-16/h3-9,11-12H,10H2,1-2H3. The fourth-order valence-electron chi connectivity index (χ4n) is 1.90. The molecule has 0 radical (unpaired) electrons. The number of carbonyl (C=O) groups excluding carboxylic acids is 1. The van der Waals surface area contributed by atoms with Crippen molar-refractivity contribution in [1.29, 1.82) is 0 Å². The SMILES string of the molecule is CC=C(C)Cc1ccnc(-c2ccc(C=O)cc2)c1. The van der Waals surface area contributed by atoms with Crippen LogP contribution in [0.15, 0.2) is 54.2 Å². The van der Waals surface area contributed by atoms with Crippen LogP contribution in [0.1, 0.15) is 29.8 Å². The number of aldehydes is 1. The largest absolute Gasteiger partial charge is 0.298 e. The van der Waals surface area contributed by atoms with Gasteiger partial charge in [-0.05, 0) is 38.0 Å². The zero-order chi connectivity index (χ0) is 13.7. The van der Waals surface area contributed by atoms with Gasteiger partial charge in [-0.1, -0.05) is 35.9 Å². The summed E-state index contributed by atoms with van der Waals surface area (Å²) in [6, 6.07) is 11.6. The van der Waals surface area contributed by atoms with E-state index < -0.39 is 0 Å². The minimum Gasteiger partial charge on any atom is -0.298 e. The second-order valence-electron chi connectivity index (χ2n) is 4.60. The number of aromatic nitrogens is 1. The van der Waals surface area contributed by atoms with E-state index in [2.05, 4.69) is 31.0 Å². The molecule has 0 bridgehead atoms. The van der Waals surface area contributed by atoms with Gasteiger partial charge in [-0.15, -0.1) is 0 Å². The molecule has 2 aromatic rings. The van der Waals surface area contributed by atoms with E-state index in [4.69, 9.17) is 0 Å². The smallest absolute Gasteiger partial charge is 0.150 e. The van der Waals surface area contributed by atoms with Gasteiger partial charge in [0, 0.05) is 17.3 Å². The Bertz CT molecular complexity index is 597. The number of rotatable bonds is 4. The molecule has 0 amide bonds. The topological polar surface area (TPSA) is 30.0 Å². The van der Waals surface area contributed by atoms with E-state index in [1.54, 1.807) is 0 Å². The second-order valence-corrected chi connectivity index (χ2v) is 4.60. The van der Waals surface area contributed by atoms with Crippen molar-refractivity contribution in [2.75, 3.05) is 0 Å². The van der Waals surface area contributed by atoms with Crippen LogP contribution in [0.5, 0.6) is 0 Å². The average Bonchev–Trinajstić information content (AvgIpc) is 2.47. The zero-order valence-electron chi connectivity index (χ0n) is 11.3. The minimum absolute atomic E-state index is 0.685. The van der Waals surface area contributed by atoms with Crippen LogP contribution in [0.2, 0.25) is 0 Å². The summed E-state index contributed by atoms with van der Waals surface area (Å²) in [5.41, 5.74) is 5.25. The van der Waals surface area contributed by atoms with Crippen molar-refractivity contribution >= 4 is 6.29 Å². The van der Waals surface area contributed by atoms with Crippen LogP contribution in [0, 0.1) is 0 Å². The molecule has 96 valence electrons. The molecule has 1 aromatic heterocycles. The van der Waals surface area contributed by atoms with Gasteiger partial charge < -0.3 is 0 Å². The van der Waals surface area contributed by atoms with Crippen LogP contribution in [0.25, 0.3) is 11.3 Å². The van der Waals surface area contributed by atoms with Crippen LogP contribution in [0.4, 0.5) is 0 Å². The molecular weight excluding hydrogens is 234 g/mol. The fraction of sp³-hybridized carbons (Fsp3) is 0.176. The van der Waals surface area contributed by atoms with Gasteiger partial charge in [0.25, 0.3) is 0 Å². The number of allylic oxidation sites excluding steroid dienone is 2. The summed E-state index contributed by atoms with van der Waals surface area (Å²) in [6.07, 6.45) is 5.75. The van der Waals surface area contributed by atoms with E-state index in [9.17, 15) is 4.79 Å². The summed E-state index contributed by atoms with van der Waals surface area (Å²) < 4.78 is 0. The van der Waals surface area contributed by atoms with Crippen molar-refractivity contribution in [3.63, 3.8) is 0 Å². The van der Waals surface area contributed by atoms with Crippen LogP contribution < -0.4 is 0 Å². The number of hydrogen-bond donors (Lipinski definition) is 0.